The fourth-order valence-electron chi connectivity index (χ4n) is 2.63. The van der Waals surface area contributed by atoms with Crippen LogP contribution in [0.25, 0.3) is 10.9 Å². The Kier molecular flexibility index (Phi) is 5.79. The van der Waals surface area contributed by atoms with Crippen molar-refractivity contribution in [3.05, 3.63) is 48.2 Å². The van der Waals surface area contributed by atoms with Crippen molar-refractivity contribution in [2.45, 2.75) is 13.0 Å². The number of pyridine rings is 1. The number of aliphatic hydroxyl groups excluding tert-OH is 1. The van der Waals surface area contributed by atoms with Crippen LogP contribution in [0.2, 0.25) is 0 Å². The molecule has 1 aromatic heterocycles. The topological polar surface area (TPSA) is 72.8 Å². The monoisotopic (exact) mass is 390 g/mol. The first-order chi connectivity index (χ1) is 13.5. The van der Waals surface area contributed by atoms with Gasteiger partial charge >= 0.3 is 0 Å². The van der Waals surface area contributed by atoms with Crippen molar-refractivity contribution >= 4 is 16.6 Å². The molecule has 0 saturated carbocycles. The summed E-state index contributed by atoms with van der Waals surface area (Å²) in [6.07, 6.45) is 0.988. The Morgan fingerprint density at radius 1 is 1.11 bits per heavy atom. The Hall–Kier alpha value is -3.13. The van der Waals surface area contributed by atoms with E-state index in [2.05, 4.69) is 10.3 Å². The van der Waals surface area contributed by atoms with Gasteiger partial charge in [-0.05, 0) is 19.1 Å². The van der Waals surface area contributed by atoms with Gasteiger partial charge in [0.15, 0.2) is 28.9 Å². The zero-order chi connectivity index (χ0) is 20.3. The maximum Gasteiger partial charge on any atom is 0.198 e. The number of aliphatic hydroxyl groups is 1. The second kappa shape index (κ2) is 8.26. The lowest BCUT2D eigenvalue weighted by molar-refractivity contribution is 0.126. The summed E-state index contributed by atoms with van der Waals surface area (Å²) in [5, 5.41) is 12.4. The highest BCUT2D eigenvalue weighted by atomic mass is 19.1. The van der Waals surface area contributed by atoms with Crippen molar-refractivity contribution in [2.24, 2.45) is 0 Å². The van der Waals surface area contributed by atoms with Crippen molar-refractivity contribution in [1.82, 2.24) is 4.98 Å². The molecule has 3 rings (SSSR count). The summed E-state index contributed by atoms with van der Waals surface area (Å²) in [6.45, 7) is 1.50. The van der Waals surface area contributed by atoms with Crippen LogP contribution in [0.15, 0.2) is 36.5 Å². The SMILES string of the molecule is CNc1cc(F)c(Oc2ccnc3cc(OC)c(OC(C)CO)cc23)c(F)c1. The number of hydrogen-bond donors (Lipinski definition) is 2. The van der Waals surface area contributed by atoms with Gasteiger partial charge in [0.1, 0.15) is 11.9 Å². The average molecular weight is 390 g/mol. The lowest BCUT2D eigenvalue weighted by Gasteiger charge is -2.17. The number of ether oxygens (including phenoxy) is 3. The summed E-state index contributed by atoms with van der Waals surface area (Å²) < 4.78 is 45.1. The Labute approximate surface area is 160 Å². The molecule has 1 heterocycles. The fraction of sp³-hybridized carbons (Fsp3) is 0.250. The first kappa shape index (κ1) is 19.6. The maximum atomic E-state index is 14.3. The molecule has 6 nitrogen and oxygen atoms in total. The van der Waals surface area contributed by atoms with E-state index in [1.807, 2.05) is 0 Å². The molecule has 0 fully saturated rings. The minimum Gasteiger partial charge on any atom is -0.493 e. The molecular weight excluding hydrogens is 370 g/mol. The molecule has 1 unspecified atom stereocenters. The van der Waals surface area contributed by atoms with E-state index < -0.39 is 23.5 Å². The third-order valence-corrected chi connectivity index (χ3v) is 4.07. The number of nitrogens with zero attached hydrogens (tertiary/aromatic N) is 1. The Balaban J connectivity index is 2.08. The summed E-state index contributed by atoms with van der Waals surface area (Å²) in [5.41, 5.74) is 0.784. The van der Waals surface area contributed by atoms with Gasteiger partial charge in [-0.25, -0.2) is 8.78 Å². The van der Waals surface area contributed by atoms with Gasteiger partial charge in [0.05, 0.1) is 19.2 Å². The van der Waals surface area contributed by atoms with E-state index in [0.29, 0.717) is 28.1 Å². The van der Waals surface area contributed by atoms with E-state index >= 15 is 0 Å². The molecule has 0 amide bonds. The number of benzene rings is 2. The second-order valence-electron chi connectivity index (χ2n) is 6.06. The molecule has 0 radical (unpaired) electrons. The Bertz CT molecular complexity index is 974. The van der Waals surface area contributed by atoms with Gasteiger partial charge in [-0.3, -0.25) is 4.98 Å². The van der Waals surface area contributed by atoms with Gasteiger partial charge in [-0.2, -0.15) is 0 Å². The van der Waals surface area contributed by atoms with Crippen LogP contribution in [0, 0.1) is 11.6 Å². The van der Waals surface area contributed by atoms with E-state index in [1.165, 1.54) is 19.4 Å². The van der Waals surface area contributed by atoms with Crippen LogP contribution < -0.4 is 19.5 Å². The van der Waals surface area contributed by atoms with Crippen molar-refractivity contribution in [1.29, 1.82) is 0 Å². The van der Waals surface area contributed by atoms with Crippen molar-refractivity contribution < 1.29 is 28.1 Å². The summed E-state index contributed by atoms with van der Waals surface area (Å²) in [5.74, 6) is -1.24. The molecule has 3 aromatic rings. The summed E-state index contributed by atoms with van der Waals surface area (Å²) in [6, 6.07) is 7.00. The molecule has 0 saturated heterocycles. The first-order valence-electron chi connectivity index (χ1n) is 8.55. The molecule has 0 aliphatic rings. The number of hydrogen-bond acceptors (Lipinski definition) is 6. The van der Waals surface area contributed by atoms with Crippen molar-refractivity contribution in [3.8, 4) is 23.0 Å². The van der Waals surface area contributed by atoms with E-state index in [9.17, 15) is 13.9 Å². The van der Waals surface area contributed by atoms with Crippen molar-refractivity contribution in [3.63, 3.8) is 0 Å². The van der Waals surface area contributed by atoms with Crippen LogP contribution in [0.3, 0.4) is 0 Å². The van der Waals surface area contributed by atoms with Gasteiger partial charge in [0.2, 0.25) is 0 Å². The normalized spacial score (nSPS) is 11.9. The molecular formula is C20H20F2N2O4. The lowest BCUT2D eigenvalue weighted by Crippen LogP contribution is -2.16. The molecule has 8 heteroatoms. The molecule has 0 bridgehead atoms. The smallest absolute Gasteiger partial charge is 0.198 e. The van der Waals surface area contributed by atoms with Crippen LogP contribution >= 0.6 is 0 Å². The molecule has 0 aliphatic heterocycles. The van der Waals surface area contributed by atoms with Crippen LogP contribution in [0.5, 0.6) is 23.0 Å². The zero-order valence-electron chi connectivity index (χ0n) is 15.6. The predicted molar refractivity (Wildman–Crippen MR) is 101 cm³/mol. The lowest BCUT2D eigenvalue weighted by atomic mass is 10.1. The standard InChI is InChI=1S/C20H20F2N2O4/c1-11(10-25)27-19-8-13-16(9-18(19)26-3)24-5-4-17(13)28-20-14(21)6-12(23-2)7-15(20)22/h4-9,11,23,25H,10H2,1-3H3. The Morgan fingerprint density at radius 2 is 1.82 bits per heavy atom. The quantitative estimate of drug-likeness (QED) is 0.632. The van der Waals surface area contributed by atoms with E-state index in [4.69, 9.17) is 14.2 Å². The molecule has 0 spiro atoms. The van der Waals surface area contributed by atoms with Gasteiger partial charge in [0, 0.05) is 42.5 Å². The number of aromatic nitrogens is 1. The molecule has 148 valence electrons. The zero-order valence-corrected chi connectivity index (χ0v) is 15.6. The molecule has 28 heavy (non-hydrogen) atoms. The molecule has 2 N–H and O–H groups in total. The summed E-state index contributed by atoms with van der Waals surface area (Å²) in [7, 11) is 3.04. The number of nitrogens with one attached hydrogen (secondary N) is 1. The van der Waals surface area contributed by atoms with Crippen LogP contribution in [-0.4, -0.2) is 37.0 Å². The molecule has 2 aromatic carbocycles. The summed E-state index contributed by atoms with van der Waals surface area (Å²) >= 11 is 0. The fourth-order valence-corrected chi connectivity index (χ4v) is 2.63. The molecule has 0 aliphatic carbocycles. The van der Waals surface area contributed by atoms with E-state index in [0.717, 1.165) is 12.1 Å². The minimum atomic E-state index is -0.840. The van der Waals surface area contributed by atoms with Crippen molar-refractivity contribution in [2.75, 3.05) is 26.1 Å². The minimum absolute atomic E-state index is 0.189. The molecule has 1 atom stereocenters. The van der Waals surface area contributed by atoms with Crippen LogP contribution in [-0.2, 0) is 0 Å². The highest BCUT2D eigenvalue weighted by Gasteiger charge is 2.17. The van der Waals surface area contributed by atoms with Gasteiger partial charge in [0.25, 0.3) is 0 Å². The largest absolute Gasteiger partial charge is 0.493 e. The highest BCUT2D eigenvalue weighted by molar-refractivity contribution is 5.88. The third-order valence-electron chi connectivity index (χ3n) is 4.07. The summed E-state index contributed by atoms with van der Waals surface area (Å²) in [4.78, 5) is 4.24. The van der Waals surface area contributed by atoms with Gasteiger partial charge < -0.3 is 24.6 Å². The third kappa shape index (κ3) is 3.91. The number of rotatable bonds is 7. The Morgan fingerprint density at radius 3 is 2.43 bits per heavy atom. The first-order valence-corrected chi connectivity index (χ1v) is 8.55. The van der Waals surface area contributed by atoms with Crippen LogP contribution in [0.4, 0.5) is 14.5 Å². The number of halogens is 2. The van der Waals surface area contributed by atoms with Gasteiger partial charge in [-0.15, -0.1) is 0 Å². The van der Waals surface area contributed by atoms with Crippen LogP contribution in [0.1, 0.15) is 6.92 Å². The van der Waals surface area contributed by atoms with Gasteiger partial charge in [-0.1, -0.05) is 0 Å². The highest BCUT2D eigenvalue weighted by Crippen LogP contribution is 2.38. The predicted octanol–water partition coefficient (Wildman–Crippen LogP) is 4.12. The number of anilines is 1. The van der Waals surface area contributed by atoms with E-state index in [-0.39, 0.29) is 12.4 Å². The second-order valence-corrected chi connectivity index (χ2v) is 6.06. The number of fused-ring (bicyclic) bond motifs is 1. The number of methoxy groups -OCH3 is 1. The average Bonchev–Trinajstić information content (AvgIpc) is 2.69. The maximum absolute atomic E-state index is 14.3. The van der Waals surface area contributed by atoms with E-state index in [1.54, 1.807) is 26.1 Å².